The van der Waals surface area contributed by atoms with Crippen LogP contribution < -0.4 is 14.8 Å². The molecule has 2 aromatic carbocycles. The van der Waals surface area contributed by atoms with Gasteiger partial charge in [-0.2, -0.15) is 0 Å². The zero-order valence-electron chi connectivity index (χ0n) is 17.0. The fourth-order valence-corrected chi connectivity index (χ4v) is 3.43. The van der Waals surface area contributed by atoms with Crippen LogP contribution in [0.1, 0.15) is 44.9 Å². The first kappa shape index (κ1) is 21.2. The van der Waals surface area contributed by atoms with Crippen molar-refractivity contribution in [1.82, 2.24) is 5.32 Å². The summed E-state index contributed by atoms with van der Waals surface area (Å²) >= 11 is 1.47. The van der Waals surface area contributed by atoms with Crippen molar-refractivity contribution in [2.75, 3.05) is 20.0 Å². The number of rotatable bonds is 7. The number of carbonyl (C=O) groups excluding carboxylic acids is 1. The first-order valence-electron chi connectivity index (χ1n) is 8.99. The first-order chi connectivity index (χ1) is 12.7. The summed E-state index contributed by atoms with van der Waals surface area (Å²) in [6, 6.07) is 14.1. The van der Waals surface area contributed by atoms with E-state index in [4.69, 9.17) is 9.47 Å². The number of carbonyl (C=O) groups is 1. The van der Waals surface area contributed by atoms with E-state index in [9.17, 15) is 4.79 Å². The van der Waals surface area contributed by atoms with Gasteiger partial charge in [0.2, 0.25) is 5.91 Å². The Kier molecular flexibility index (Phi) is 7.19. The van der Waals surface area contributed by atoms with Crippen LogP contribution in [0.2, 0.25) is 0 Å². The molecule has 0 heterocycles. The molecule has 0 bridgehead atoms. The number of amides is 1. The van der Waals surface area contributed by atoms with Gasteiger partial charge >= 0.3 is 0 Å². The summed E-state index contributed by atoms with van der Waals surface area (Å²) in [7, 11) is 3.21. The molecule has 0 aliphatic carbocycles. The fraction of sp³-hybridized carbons (Fsp3) is 0.409. The number of hydrogen-bond donors (Lipinski definition) is 1. The lowest BCUT2D eigenvalue weighted by Crippen LogP contribution is -2.28. The maximum Gasteiger partial charge on any atom is 0.230 e. The molecule has 0 spiro atoms. The van der Waals surface area contributed by atoms with E-state index in [0.29, 0.717) is 17.3 Å². The van der Waals surface area contributed by atoms with E-state index in [-0.39, 0.29) is 17.4 Å². The zero-order chi connectivity index (χ0) is 20.0. The van der Waals surface area contributed by atoms with Crippen molar-refractivity contribution in [3.8, 4) is 11.5 Å². The summed E-state index contributed by atoms with van der Waals surface area (Å²) < 4.78 is 10.5. The fourth-order valence-electron chi connectivity index (χ4n) is 2.69. The van der Waals surface area contributed by atoms with Crippen molar-refractivity contribution in [2.45, 2.75) is 44.0 Å². The number of thioether (sulfide) groups is 1. The van der Waals surface area contributed by atoms with Crippen LogP contribution in [0.3, 0.4) is 0 Å². The third-order valence-electron chi connectivity index (χ3n) is 4.38. The van der Waals surface area contributed by atoms with Crippen molar-refractivity contribution < 1.29 is 14.3 Å². The Morgan fingerprint density at radius 1 is 1.04 bits per heavy atom. The van der Waals surface area contributed by atoms with Gasteiger partial charge in [0.1, 0.15) is 0 Å². The van der Waals surface area contributed by atoms with E-state index in [2.05, 4.69) is 50.4 Å². The summed E-state index contributed by atoms with van der Waals surface area (Å²) in [4.78, 5) is 13.3. The van der Waals surface area contributed by atoms with Crippen LogP contribution >= 0.6 is 11.8 Å². The molecular weight excluding hydrogens is 358 g/mol. The minimum Gasteiger partial charge on any atom is -0.493 e. The summed E-state index contributed by atoms with van der Waals surface area (Å²) in [5, 5.41) is 3.06. The van der Waals surface area contributed by atoms with Crippen LogP contribution in [0.5, 0.6) is 11.5 Å². The molecule has 0 fully saturated rings. The maximum absolute atomic E-state index is 12.3. The highest BCUT2D eigenvalue weighted by Gasteiger charge is 2.15. The predicted octanol–water partition coefficient (Wildman–Crippen LogP) is 4.97. The molecule has 1 N–H and O–H groups in total. The van der Waals surface area contributed by atoms with Crippen molar-refractivity contribution in [3.63, 3.8) is 0 Å². The van der Waals surface area contributed by atoms with Crippen LogP contribution in [0.4, 0.5) is 0 Å². The molecule has 0 unspecified atom stereocenters. The van der Waals surface area contributed by atoms with Crippen molar-refractivity contribution in [1.29, 1.82) is 0 Å². The van der Waals surface area contributed by atoms with Crippen molar-refractivity contribution >= 4 is 17.7 Å². The highest BCUT2D eigenvalue weighted by Crippen LogP contribution is 2.32. The predicted molar refractivity (Wildman–Crippen MR) is 112 cm³/mol. The Morgan fingerprint density at radius 3 is 2.22 bits per heavy atom. The molecule has 0 saturated heterocycles. The van der Waals surface area contributed by atoms with Gasteiger partial charge in [0.05, 0.1) is 26.0 Å². The quantitative estimate of drug-likeness (QED) is 0.681. The minimum atomic E-state index is -0.0301. The van der Waals surface area contributed by atoms with Crippen LogP contribution in [-0.4, -0.2) is 25.9 Å². The molecule has 2 rings (SSSR count). The Balaban J connectivity index is 1.91. The second-order valence-corrected chi connectivity index (χ2v) is 8.52. The monoisotopic (exact) mass is 387 g/mol. The van der Waals surface area contributed by atoms with Gasteiger partial charge < -0.3 is 14.8 Å². The van der Waals surface area contributed by atoms with E-state index >= 15 is 0 Å². The van der Waals surface area contributed by atoms with E-state index in [1.807, 2.05) is 25.1 Å². The average Bonchev–Trinajstić information content (AvgIpc) is 2.65. The lowest BCUT2D eigenvalue weighted by Gasteiger charge is -2.20. The Hall–Kier alpha value is -2.14. The van der Waals surface area contributed by atoms with Crippen LogP contribution in [-0.2, 0) is 10.2 Å². The molecule has 0 aliphatic rings. The van der Waals surface area contributed by atoms with E-state index in [0.717, 1.165) is 10.5 Å². The molecule has 0 aliphatic heterocycles. The topological polar surface area (TPSA) is 47.6 Å². The third kappa shape index (κ3) is 5.93. The Morgan fingerprint density at radius 2 is 1.67 bits per heavy atom. The molecule has 0 aromatic heterocycles. The number of nitrogens with one attached hydrogen (secondary N) is 1. The van der Waals surface area contributed by atoms with Gasteiger partial charge in [-0.05, 0) is 41.7 Å². The van der Waals surface area contributed by atoms with Crippen molar-refractivity contribution in [2.24, 2.45) is 0 Å². The second-order valence-electron chi connectivity index (χ2n) is 7.47. The standard InChI is InChI=1S/C22H29NO3S/c1-15(16-7-9-17(10-8-16)22(2,3)4)23-21(24)14-27-18-11-12-19(25-5)20(13-18)26-6/h7-13,15H,14H2,1-6H3,(H,23,24)/t15-/m0/s1. The molecule has 0 radical (unpaired) electrons. The minimum absolute atomic E-state index is 0.00202. The molecule has 2 aromatic rings. The number of ether oxygens (including phenoxy) is 2. The molecule has 4 nitrogen and oxygen atoms in total. The van der Waals surface area contributed by atoms with Gasteiger partial charge in [-0.1, -0.05) is 45.0 Å². The van der Waals surface area contributed by atoms with Gasteiger partial charge in [-0.3, -0.25) is 4.79 Å². The van der Waals surface area contributed by atoms with E-state index in [1.165, 1.54) is 17.3 Å². The van der Waals surface area contributed by atoms with Crippen molar-refractivity contribution in [3.05, 3.63) is 53.6 Å². The summed E-state index contributed by atoms with van der Waals surface area (Å²) in [5.74, 6) is 1.69. The van der Waals surface area contributed by atoms with Gasteiger partial charge in [0.25, 0.3) is 0 Å². The number of hydrogen-bond acceptors (Lipinski definition) is 4. The molecule has 1 amide bonds. The summed E-state index contributed by atoms with van der Waals surface area (Å²) in [6.45, 7) is 8.58. The van der Waals surface area contributed by atoms with Gasteiger partial charge in [-0.25, -0.2) is 0 Å². The molecule has 0 saturated carbocycles. The number of methoxy groups -OCH3 is 2. The van der Waals surface area contributed by atoms with Gasteiger partial charge in [-0.15, -0.1) is 11.8 Å². The van der Waals surface area contributed by atoms with Gasteiger partial charge in [0.15, 0.2) is 11.5 Å². The largest absolute Gasteiger partial charge is 0.493 e. The Labute approximate surface area is 166 Å². The lowest BCUT2D eigenvalue weighted by molar-refractivity contribution is -0.119. The summed E-state index contributed by atoms with van der Waals surface area (Å²) in [5.41, 5.74) is 2.52. The normalized spacial score (nSPS) is 12.4. The first-order valence-corrected chi connectivity index (χ1v) is 9.97. The molecule has 5 heteroatoms. The van der Waals surface area contributed by atoms with Crippen LogP contribution in [0.25, 0.3) is 0 Å². The smallest absolute Gasteiger partial charge is 0.230 e. The van der Waals surface area contributed by atoms with Gasteiger partial charge in [0, 0.05) is 4.90 Å². The highest BCUT2D eigenvalue weighted by molar-refractivity contribution is 8.00. The van der Waals surface area contributed by atoms with Crippen LogP contribution in [0, 0.1) is 0 Å². The lowest BCUT2D eigenvalue weighted by atomic mass is 9.86. The molecule has 1 atom stereocenters. The Bertz CT molecular complexity index is 766. The van der Waals surface area contributed by atoms with Crippen LogP contribution in [0.15, 0.2) is 47.4 Å². The SMILES string of the molecule is COc1ccc(SCC(=O)N[C@@H](C)c2ccc(C(C)(C)C)cc2)cc1OC. The third-order valence-corrected chi connectivity index (χ3v) is 5.37. The maximum atomic E-state index is 12.3. The molecule has 146 valence electrons. The summed E-state index contributed by atoms with van der Waals surface area (Å²) in [6.07, 6.45) is 0. The second kappa shape index (κ2) is 9.18. The zero-order valence-corrected chi connectivity index (χ0v) is 17.8. The number of benzene rings is 2. The average molecular weight is 388 g/mol. The van der Waals surface area contributed by atoms with E-state index < -0.39 is 0 Å². The molecule has 27 heavy (non-hydrogen) atoms. The highest BCUT2D eigenvalue weighted by atomic mass is 32.2. The van der Waals surface area contributed by atoms with E-state index in [1.54, 1.807) is 14.2 Å². The molecular formula is C22H29NO3S.